The molecule has 5 nitrogen and oxygen atoms in total. The van der Waals surface area contributed by atoms with Crippen LogP contribution in [0.15, 0.2) is 65.9 Å². The van der Waals surface area contributed by atoms with E-state index in [1.54, 1.807) is 23.0 Å². The van der Waals surface area contributed by atoms with Gasteiger partial charge in [0.15, 0.2) is 0 Å². The van der Waals surface area contributed by atoms with Gasteiger partial charge in [0.1, 0.15) is 11.5 Å². The van der Waals surface area contributed by atoms with E-state index in [1.807, 2.05) is 36.5 Å². The van der Waals surface area contributed by atoms with E-state index in [1.165, 1.54) is 82.8 Å². The topological polar surface area (TPSA) is 59.3 Å². The van der Waals surface area contributed by atoms with Gasteiger partial charge in [-0.25, -0.2) is 14.5 Å². The highest BCUT2D eigenvalue weighted by atomic mass is 19.1. The van der Waals surface area contributed by atoms with E-state index in [0.717, 1.165) is 29.7 Å². The number of carbonyl (C=O) groups is 1. The minimum absolute atomic E-state index is 0.0805. The van der Waals surface area contributed by atoms with Crippen molar-refractivity contribution in [2.24, 2.45) is 5.10 Å². The number of para-hydroxylation sites is 1. The molecule has 1 amide bonds. The van der Waals surface area contributed by atoms with Crippen molar-refractivity contribution in [3.63, 3.8) is 0 Å². The fourth-order valence-electron chi connectivity index (χ4n) is 4.56. The Morgan fingerprint density at radius 1 is 0.842 bits per heavy atom. The second kappa shape index (κ2) is 17.3. The summed E-state index contributed by atoms with van der Waals surface area (Å²) in [6.07, 6.45) is 20.6. The Labute approximate surface area is 227 Å². The molecule has 1 heterocycles. The molecule has 0 radical (unpaired) electrons. The predicted molar refractivity (Wildman–Crippen MR) is 155 cm³/mol. The molecule has 0 bridgehead atoms. The summed E-state index contributed by atoms with van der Waals surface area (Å²) in [5.74, 6) is -0.380. The third-order valence-electron chi connectivity index (χ3n) is 6.78. The van der Waals surface area contributed by atoms with Crippen LogP contribution in [-0.4, -0.2) is 21.9 Å². The Bertz CT molecular complexity index is 1090. The van der Waals surface area contributed by atoms with Gasteiger partial charge < -0.3 is 0 Å². The fourth-order valence-corrected chi connectivity index (χ4v) is 4.56. The SMILES string of the molecule is CCCCCCCCCCCCCCCC(=O)N/N=C\c1cn(-c2ccccc2)nc1-c1ccc(F)cc1. The molecule has 0 unspecified atom stereocenters. The molecule has 0 spiro atoms. The molecule has 2 aromatic carbocycles. The molecular weight excluding hydrogens is 475 g/mol. The number of nitrogens with one attached hydrogen (secondary N) is 1. The van der Waals surface area contributed by atoms with Crippen LogP contribution in [0.1, 0.15) is 102 Å². The lowest BCUT2D eigenvalue weighted by molar-refractivity contribution is -0.121. The Hall–Kier alpha value is -3.28. The minimum atomic E-state index is -0.299. The summed E-state index contributed by atoms with van der Waals surface area (Å²) in [6, 6.07) is 16.0. The van der Waals surface area contributed by atoms with Gasteiger partial charge in [0.05, 0.1) is 11.9 Å². The van der Waals surface area contributed by atoms with Crippen LogP contribution in [0.25, 0.3) is 16.9 Å². The molecular formula is C32H43FN4O. The quantitative estimate of drug-likeness (QED) is 0.104. The Morgan fingerprint density at radius 2 is 1.42 bits per heavy atom. The number of rotatable bonds is 18. The van der Waals surface area contributed by atoms with Gasteiger partial charge in [-0.15, -0.1) is 0 Å². The molecule has 0 aliphatic rings. The van der Waals surface area contributed by atoms with Crippen molar-refractivity contribution < 1.29 is 9.18 Å². The average molecular weight is 519 g/mol. The van der Waals surface area contributed by atoms with Gasteiger partial charge in [-0.1, -0.05) is 102 Å². The molecule has 0 aliphatic carbocycles. The number of halogens is 1. The molecule has 1 N–H and O–H groups in total. The first-order valence-electron chi connectivity index (χ1n) is 14.4. The van der Waals surface area contributed by atoms with Gasteiger partial charge in [0.25, 0.3) is 0 Å². The number of hydrogen-bond donors (Lipinski definition) is 1. The lowest BCUT2D eigenvalue weighted by Crippen LogP contribution is -2.16. The number of amides is 1. The number of unbranched alkanes of at least 4 members (excludes halogenated alkanes) is 12. The number of aromatic nitrogens is 2. The minimum Gasteiger partial charge on any atom is -0.273 e. The largest absolute Gasteiger partial charge is 0.273 e. The number of hydrazone groups is 1. The number of carbonyl (C=O) groups excluding carboxylic acids is 1. The molecule has 0 saturated carbocycles. The molecule has 0 aliphatic heterocycles. The van der Waals surface area contributed by atoms with E-state index in [2.05, 4.69) is 22.5 Å². The summed E-state index contributed by atoms with van der Waals surface area (Å²) in [5, 5.41) is 8.87. The normalized spacial score (nSPS) is 11.3. The molecule has 6 heteroatoms. The van der Waals surface area contributed by atoms with E-state index in [0.29, 0.717) is 12.1 Å². The van der Waals surface area contributed by atoms with Crippen LogP contribution in [0.4, 0.5) is 4.39 Å². The fraction of sp³-hybridized carbons (Fsp3) is 0.469. The highest BCUT2D eigenvalue weighted by Gasteiger charge is 2.11. The third-order valence-corrected chi connectivity index (χ3v) is 6.78. The summed E-state index contributed by atoms with van der Waals surface area (Å²) >= 11 is 0. The van der Waals surface area contributed by atoms with Crippen LogP contribution in [0.5, 0.6) is 0 Å². The van der Waals surface area contributed by atoms with Crippen molar-refractivity contribution in [3.05, 3.63) is 72.2 Å². The summed E-state index contributed by atoms with van der Waals surface area (Å²) in [4.78, 5) is 12.3. The summed E-state index contributed by atoms with van der Waals surface area (Å²) in [5.41, 5.74) is 5.74. The second-order valence-corrected chi connectivity index (χ2v) is 10.0. The maximum absolute atomic E-state index is 13.4. The van der Waals surface area contributed by atoms with Gasteiger partial charge in [-0.05, 0) is 42.8 Å². The van der Waals surface area contributed by atoms with Crippen LogP contribution in [0.3, 0.4) is 0 Å². The monoisotopic (exact) mass is 518 g/mol. The van der Waals surface area contributed by atoms with Gasteiger partial charge >= 0.3 is 0 Å². The molecule has 0 atom stereocenters. The highest BCUT2D eigenvalue weighted by molar-refractivity contribution is 5.89. The van der Waals surface area contributed by atoms with Crippen LogP contribution in [0.2, 0.25) is 0 Å². The maximum Gasteiger partial charge on any atom is 0.240 e. The van der Waals surface area contributed by atoms with Crippen molar-refractivity contribution in [2.45, 2.75) is 96.8 Å². The summed E-state index contributed by atoms with van der Waals surface area (Å²) in [7, 11) is 0. The summed E-state index contributed by atoms with van der Waals surface area (Å²) < 4.78 is 15.2. The van der Waals surface area contributed by atoms with Gasteiger partial charge in [-0.3, -0.25) is 4.79 Å². The maximum atomic E-state index is 13.4. The predicted octanol–water partition coefficient (Wildman–Crippen LogP) is 8.61. The van der Waals surface area contributed by atoms with Gasteiger partial charge in [0, 0.05) is 23.7 Å². The lowest BCUT2D eigenvalue weighted by Gasteiger charge is -2.03. The Kier molecular flexibility index (Phi) is 13.3. The first kappa shape index (κ1) is 29.3. The first-order chi connectivity index (χ1) is 18.7. The standard InChI is InChI=1S/C32H43FN4O/c1-2-3-4-5-6-7-8-9-10-11-12-13-17-20-31(38)35-34-25-28-26-37(30-18-15-14-16-19-30)36-32(28)27-21-23-29(33)24-22-27/h14-16,18-19,21-26H,2-13,17,20H2,1H3,(H,35,38)/b34-25-. The van der Waals surface area contributed by atoms with Crippen molar-refractivity contribution in [3.8, 4) is 16.9 Å². The van der Waals surface area contributed by atoms with Gasteiger partial charge in [0.2, 0.25) is 5.91 Å². The molecule has 3 aromatic rings. The van der Waals surface area contributed by atoms with Crippen molar-refractivity contribution in [1.29, 1.82) is 0 Å². The molecule has 3 rings (SSSR count). The van der Waals surface area contributed by atoms with E-state index >= 15 is 0 Å². The van der Waals surface area contributed by atoms with Crippen LogP contribution < -0.4 is 5.43 Å². The van der Waals surface area contributed by atoms with E-state index in [-0.39, 0.29) is 11.7 Å². The highest BCUT2D eigenvalue weighted by Crippen LogP contribution is 2.23. The van der Waals surface area contributed by atoms with Gasteiger partial charge in [-0.2, -0.15) is 10.2 Å². The molecule has 38 heavy (non-hydrogen) atoms. The van der Waals surface area contributed by atoms with Crippen LogP contribution >= 0.6 is 0 Å². The molecule has 0 saturated heterocycles. The number of hydrogen-bond acceptors (Lipinski definition) is 3. The smallest absolute Gasteiger partial charge is 0.240 e. The third kappa shape index (κ3) is 10.6. The summed E-state index contributed by atoms with van der Waals surface area (Å²) in [6.45, 7) is 2.26. The first-order valence-corrected chi connectivity index (χ1v) is 14.4. The van der Waals surface area contributed by atoms with Crippen LogP contribution in [-0.2, 0) is 4.79 Å². The van der Waals surface area contributed by atoms with Crippen molar-refractivity contribution in [1.82, 2.24) is 15.2 Å². The Morgan fingerprint density at radius 3 is 2.03 bits per heavy atom. The van der Waals surface area contributed by atoms with E-state index < -0.39 is 0 Å². The molecule has 0 fully saturated rings. The Balaban J connectivity index is 1.37. The zero-order chi connectivity index (χ0) is 26.8. The molecule has 204 valence electrons. The molecule has 1 aromatic heterocycles. The van der Waals surface area contributed by atoms with Crippen LogP contribution in [0, 0.1) is 5.82 Å². The van der Waals surface area contributed by atoms with Crippen molar-refractivity contribution >= 4 is 12.1 Å². The van der Waals surface area contributed by atoms with E-state index in [9.17, 15) is 9.18 Å². The zero-order valence-electron chi connectivity index (χ0n) is 22.9. The zero-order valence-corrected chi connectivity index (χ0v) is 22.9. The second-order valence-electron chi connectivity index (χ2n) is 10.0. The van der Waals surface area contributed by atoms with E-state index in [4.69, 9.17) is 0 Å². The lowest BCUT2D eigenvalue weighted by atomic mass is 10.0. The van der Waals surface area contributed by atoms with Crippen molar-refractivity contribution in [2.75, 3.05) is 0 Å². The number of nitrogens with zero attached hydrogens (tertiary/aromatic N) is 3. The average Bonchev–Trinajstić information content (AvgIpc) is 3.36. The number of benzene rings is 2.